The summed E-state index contributed by atoms with van der Waals surface area (Å²) in [5, 5.41) is 0. The number of amides is 1. The van der Waals surface area contributed by atoms with Crippen LogP contribution in [0.3, 0.4) is 0 Å². The molecule has 0 aliphatic carbocycles. The molecule has 0 radical (unpaired) electrons. The van der Waals surface area contributed by atoms with Crippen molar-refractivity contribution in [2.45, 2.75) is 59.8 Å². The van der Waals surface area contributed by atoms with E-state index in [2.05, 4.69) is 26.8 Å². The van der Waals surface area contributed by atoms with Crippen LogP contribution in [0.25, 0.3) is 0 Å². The lowest BCUT2D eigenvalue weighted by molar-refractivity contribution is -0.138. The lowest BCUT2D eigenvalue weighted by Crippen LogP contribution is -2.24. The highest BCUT2D eigenvalue weighted by Gasteiger charge is 2.13. The van der Waals surface area contributed by atoms with E-state index in [9.17, 15) is 9.59 Å². The molecule has 0 aromatic rings. The molecule has 0 aromatic carbocycles. The Balaban J connectivity index is 4.28. The molecule has 0 saturated heterocycles. The van der Waals surface area contributed by atoms with Crippen molar-refractivity contribution >= 4 is 11.9 Å². The number of carbonyl (C=O) groups excluding carboxylic acids is 2. The van der Waals surface area contributed by atoms with Crippen molar-refractivity contribution in [3.05, 3.63) is 23.3 Å². The molecule has 132 valence electrons. The zero-order chi connectivity index (χ0) is 17.8. The monoisotopic (exact) mass is 323 g/mol. The van der Waals surface area contributed by atoms with E-state index in [4.69, 9.17) is 4.74 Å². The molecule has 0 aliphatic rings. The number of rotatable bonds is 10. The van der Waals surface area contributed by atoms with Crippen molar-refractivity contribution in [2.24, 2.45) is 5.92 Å². The standard InChI is InChI=1S/C19H33NO3/c1-7-9-17(19(22)20(5)6)14-18(21)23-13-12-16(4)11-8-10-15(2)3/h10,14,16H,7-9,11-13H2,1-6H3/b17-14+. The zero-order valence-corrected chi connectivity index (χ0v) is 15.6. The van der Waals surface area contributed by atoms with Crippen LogP contribution in [0.1, 0.15) is 59.8 Å². The van der Waals surface area contributed by atoms with Gasteiger partial charge in [0.1, 0.15) is 0 Å². The molecular formula is C19H33NO3. The molecule has 0 aliphatic heterocycles. The Hall–Kier alpha value is -1.58. The lowest BCUT2D eigenvalue weighted by atomic mass is 10.0. The van der Waals surface area contributed by atoms with Gasteiger partial charge in [0.05, 0.1) is 6.61 Å². The Labute approximate surface area is 141 Å². The van der Waals surface area contributed by atoms with Crippen LogP contribution < -0.4 is 0 Å². The zero-order valence-electron chi connectivity index (χ0n) is 15.6. The third-order valence-electron chi connectivity index (χ3n) is 3.56. The Morgan fingerprint density at radius 3 is 2.35 bits per heavy atom. The quantitative estimate of drug-likeness (QED) is 0.345. The van der Waals surface area contributed by atoms with Crippen LogP contribution in [-0.4, -0.2) is 37.5 Å². The topological polar surface area (TPSA) is 46.6 Å². The fourth-order valence-corrected chi connectivity index (χ4v) is 2.14. The second-order valence-electron chi connectivity index (χ2n) is 6.54. The average molecular weight is 323 g/mol. The number of likely N-dealkylation sites (N-methyl/N-ethyl adjacent to an activating group) is 1. The maximum absolute atomic E-state index is 12.0. The molecular weight excluding hydrogens is 290 g/mol. The summed E-state index contributed by atoms with van der Waals surface area (Å²) >= 11 is 0. The van der Waals surface area contributed by atoms with Crippen LogP contribution >= 0.6 is 0 Å². The maximum Gasteiger partial charge on any atom is 0.331 e. The molecule has 0 heterocycles. The van der Waals surface area contributed by atoms with E-state index in [1.54, 1.807) is 14.1 Å². The highest BCUT2D eigenvalue weighted by atomic mass is 16.5. The molecule has 0 spiro atoms. The second kappa shape index (κ2) is 11.9. The van der Waals surface area contributed by atoms with E-state index < -0.39 is 5.97 Å². The molecule has 23 heavy (non-hydrogen) atoms. The van der Waals surface area contributed by atoms with E-state index in [0.29, 0.717) is 24.5 Å². The molecule has 4 heteroatoms. The number of allylic oxidation sites excluding steroid dienone is 2. The average Bonchev–Trinajstić information content (AvgIpc) is 2.45. The minimum Gasteiger partial charge on any atom is -0.463 e. The molecule has 0 rings (SSSR count). The number of nitrogens with zero attached hydrogens (tertiary/aromatic N) is 1. The summed E-state index contributed by atoms with van der Waals surface area (Å²) in [6.45, 7) is 8.75. The van der Waals surface area contributed by atoms with Crippen LogP contribution in [-0.2, 0) is 14.3 Å². The fourth-order valence-electron chi connectivity index (χ4n) is 2.14. The lowest BCUT2D eigenvalue weighted by Gasteiger charge is -2.13. The molecule has 1 unspecified atom stereocenters. The highest BCUT2D eigenvalue weighted by molar-refractivity contribution is 5.99. The van der Waals surface area contributed by atoms with Crippen molar-refractivity contribution < 1.29 is 14.3 Å². The molecule has 0 saturated carbocycles. The van der Waals surface area contributed by atoms with Gasteiger partial charge in [0, 0.05) is 25.7 Å². The van der Waals surface area contributed by atoms with E-state index in [0.717, 1.165) is 25.7 Å². The fraction of sp³-hybridized carbons (Fsp3) is 0.684. The smallest absolute Gasteiger partial charge is 0.331 e. The van der Waals surface area contributed by atoms with Crippen LogP contribution in [0.2, 0.25) is 0 Å². The van der Waals surface area contributed by atoms with Gasteiger partial charge in [-0.3, -0.25) is 4.79 Å². The maximum atomic E-state index is 12.0. The van der Waals surface area contributed by atoms with E-state index in [1.165, 1.54) is 16.5 Å². The number of carbonyl (C=O) groups is 2. The summed E-state index contributed by atoms with van der Waals surface area (Å²) in [5.41, 5.74) is 1.85. The van der Waals surface area contributed by atoms with Gasteiger partial charge in [0.2, 0.25) is 5.91 Å². The predicted molar refractivity (Wildman–Crippen MR) is 95.1 cm³/mol. The number of hydrogen-bond acceptors (Lipinski definition) is 3. The first-order valence-corrected chi connectivity index (χ1v) is 8.50. The van der Waals surface area contributed by atoms with E-state index >= 15 is 0 Å². The van der Waals surface area contributed by atoms with Gasteiger partial charge in [-0.2, -0.15) is 0 Å². The van der Waals surface area contributed by atoms with Crippen molar-refractivity contribution in [3.63, 3.8) is 0 Å². The minimum atomic E-state index is -0.417. The van der Waals surface area contributed by atoms with Crippen LogP contribution in [0.5, 0.6) is 0 Å². The largest absolute Gasteiger partial charge is 0.463 e. The Morgan fingerprint density at radius 1 is 1.17 bits per heavy atom. The molecule has 4 nitrogen and oxygen atoms in total. The van der Waals surface area contributed by atoms with Crippen LogP contribution in [0.15, 0.2) is 23.3 Å². The summed E-state index contributed by atoms with van der Waals surface area (Å²) in [6.07, 6.45) is 8.00. The molecule has 1 atom stereocenters. The third-order valence-corrected chi connectivity index (χ3v) is 3.56. The van der Waals surface area contributed by atoms with Crippen molar-refractivity contribution in [3.8, 4) is 0 Å². The Bertz CT molecular complexity index is 432. The van der Waals surface area contributed by atoms with Gasteiger partial charge in [0.25, 0.3) is 0 Å². The molecule has 0 aromatic heterocycles. The molecule has 0 N–H and O–H groups in total. The van der Waals surface area contributed by atoms with Gasteiger partial charge in [-0.15, -0.1) is 0 Å². The molecule has 1 amide bonds. The van der Waals surface area contributed by atoms with Gasteiger partial charge in [0.15, 0.2) is 0 Å². The number of ether oxygens (including phenoxy) is 1. The summed E-state index contributed by atoms with van der Waals surface area (Å²) in [7, 11) is 3.37. The molecule has 0 fully saturated rings. The Morgan fingerprint density at radius 2 is 1.83 bits per heavy atom. The van der Waals surface area contributed by atoms with Crippen LogP contribution in [0, 0.1) is 5.92 Å². The summed E-state index contributed by atoms with van der Waals surface area (Å²) in [6, 6.07) is 0. The van der Waals surface area contributed by atoms with Gasteiger partial charge in [-0.1, -0.05) is 31.9 Å². The number of esters is 1. The minimum absolute atomic E-state index is 0.126. The van der Waals surface area contributed by atoms with E-state index in [-0.39, 0.29) is 5.91 Å². The summed E-state index contributed by atoms with van der Waals surface area (Å²) < 4.78 is 5.25. The van der Waals surface area contributed by atoms with Gasteiger partial charge < -0.3 is 9.64 Å². The van der Waals surface area contributed by atoms with Crippen molar-refractivity contribution in [1.82, 2.24) is 4.90 Å². The van der Waals surface area contributed by atoms with Crippen molar-refractivity contribution in [1.29, 1.82) is 0 Å². The van der Waals surface area contributed by atoms with Gasteiger partial charge >= 0.3 is 5.97 Å². The predicted octanol–water partition coefficient (Wildman–Crippen LogP) is 4.12. The van der Waals surface area contributed by atoms with Crippen LogP contribution in [0.4, 0.5) is 0 Å². The highest BCUT2D eigenvalue weighted by Crippen LogP contribution is 2.12. The third kappa shape index (κ3) is 10.7. The first-order valence-electron chi connectivity index (χ1n) is 8.50. The SMILES string of the molecule is CCC/C(=C\C(=O)OCCC(C)CCC=C(C)C)C(=O)N(C)C. The first-order chi connectivity index (χ1) is 10.8. The number of hydrogen-bond donors (Lipinski definition) is 0. The summed E-state index contributed by atoms with van der Waals surface area (Å²) in [5.74, 6) is -0.0278. The Kier molecular flexibility index (Phi) is 11.1. The van der Waals surface area contributed by atoms with Gasteiger partial charge in [-0.25, -0.2) is 4.79 Å². The first kappa shape index (κ1) is 21.4. The second-order valence-corrected chi connectivity index (χ2v) is 6.54. The van der Waals surface area contributed by atoms with Crippen molar-refractivity contribution in [2.75, 3.05) is 20.7 Å². The summed E-state index contributed by atoms with van der Waals surface area (Å²) in [4.78, 5) is 25.3. The normalized spacial score (nSPS) is 12.5. The van der Waals surface area contributed by atoms with E-state index in [1.807, 2.05) is 6.92 Å². The van der Waals surface area contributed by atoms with Gasteiger partial charge in [-0.05, 0) is 45.4 Å². The molecule has 0 bridgehead atoms.